The average Bonchev–Trinajstić information content (AvgIpc) is 2.36. The molecule has 1 aromatic carbocycles. The first-order chi connectivity index (χ1) is 8.97. The van der Waals surface area contributed by atoms with Crippen molar-refractivity contribution in [3.05, 3.63) is 23.8 Å². The standard InChI is InChI=1S/C14H16N2O3/c1-9(17)7-14(19)16(2)11-4-5-12-10(8-11)3-6-13(18)15-12/h4-5,8H,3,6-7H2,1-2H3,(H,15,18). The molecule has 1 heterocycles. The SMILES string of the molecule is CC(=O)CC(=O)N(C)c1ccc2c(c1)CCC(=O)N2. The van der Waals surface area contributed by atoms with Crippen LogP contribution in [0, 0.1) is 0 Å². The molecule has 0 bridgehead atoms. The third-order valence-corrected chi connectivity index (χ3v) is 3.15. The van der Waals surface area contributed by atoms with Crippen molar-refractivity contribution < 1.29 is 14.4 Å². The Labute approximate surface area is 111 Å². The predicted molar refractivity (Wildman–Crippen MR) is 72.1 cm³/mol. The van der Waals surface area contributed by atoms with Crippen molar-refractivity contribution >= 4 is 29.0 Å². The zero-order chi connectivity index (χ0) is 14.0. The number of aryl methyl sites for hydroxylation is 1. The Morgan fingerprint density at radius 3 is 2.74 bits per heavy atom. The molecule has 1 aliphatic heterocycles. The van der Waals surface area contributed by atoms with Gasteiger partial charge in [0, 0.05) is 24.8 Å². The molecule has 0 saturated heterocycles. The molecule has 1 aliphatic rings. The number of carbonyl (C=O) groups is 3. The lowest BCUT2D eigenvalue weighted by molar-refractivity contribution is -0.125. The maximum atomic E-state index is 11.8. The van der Waals surface area contributed by atoms with E-state index in [-0.39, 0.29) is 24.0 Å². The van der Waals surface area contributed by atoms with E-state index in [1.807, 2.05) is 6.07 Å². The van der Waals surface area contributed by atoms with Gasteiger partial charge in [-0.2, -0.15) is 0 Å². The Morgan fingerprint density at radius 1 is 1.32 bits per heavy atom. The summed E-state index contributed by atoms with van der Waals surface area (Å²) in [7, 11) is 1.65. The number of fused-ring (bicyclic) bond motifs is 1. The van der Waals surface area contributed by atoms with Gasteiger partial charge in [-0.05, 0) is 37.1 Å². The number of nitrogens with zero attached hydrogens (tertiary/aromatic N) is 1. The van der Waals surface area contributed by atoms with Gasteiger partial charge in [-0.1, -0.05) is 0 Å². The number of Topliss-reactive ketones (excluding diaryl/α,β-unsaturated/α-hetero) is 1. The van der Waals surface area contributed by atoms with E-state index in [9.17, 15) is 14.4 Å². The topological polar surface area (TPSA) is 66.5 Å². The Balaban J connectivity index is 2.20. The Bertz CT molecular complexity index is 552. The summed E-state index contributed by atoms with van der Waals surface area (Å²) in [4.78, 5) is 35.5. The molecule has 1 N–H and O–H groups in total. The first kappa shape index (κ1) is 13.3. The number of amides is 2. The molecule has 0 atom stereocenters. The molecule has 0 fully saturated rings. The van der Waals surface area contributed by atoms with E-state index in [0.717, 1.165) is 16.9 Å². The lowest BCUT2D eigenvalue weighted by Crippen LogP contribution is -2.28. The van der Waals surface area contributed by atoms with Crippen LogP contribution in [-0.4, -0.2) is 24.6 Å². The largest absolute Gasteiger partial charge is 0.326 e. The molecule has 0 radical (unpaired) electrons. The summed E-state index contributed by atoms with van der Waals surface area (Å²) in [6.07, 6.45) is 1.04. The third-order valence-electron chi connectivity index (χ3n) is 3.15. The van der Waals surface area contributed by atoms with Crippen LogP contribution in [0.4, 0.5) is 11.4 Å². The maximum absolute atomic E-state index is 11.8. The van der Waals surface area contributed by atoms with Crippen molar-refractivity contribution in [3.8, 4) is 0 Å². The minimum atomic E-state index is -0.229. The molecule has 19 heavy (non-hydrogen) atoms. The van der Waals surface area contributed by atoms with Gasteiger partial charge in [-0.25, -0.2) is 0 Å². The molecule has 0 aromatic heterocycles. The van der Waals surface area contributed by atoms with Gasteiger partial charge in [0.05, 0.1) is 6.42 Å². The number of anilines is 2. The monoisotopic (exact) mass is 260 g/mol. The first-order valence-electron chi connectivity index (χ1n) is 6.16. The fraction of sp³-hybridized carbons (Fsp3) is 0.357. The van der Waals surface area contributed by atoms with Crippen LogP contribution in [0.1, 0.15) is 25.3 Å². The summed E-state index contributed by atoms with van der Waals surface area (Å²) >= 11 is 0. The molecule has 5 nitrogen and oxygen atoms in total. The highest BCUT2D eigenvalue weighted by molar-refractivity contribution is 6.05. The third kappa shape index (κ3) is 2.99. The van der Waals surface area contributed by atoms with Crippen molar-refractivity contribution in [3.63, 3.8) is 0 Å². The summed E-state index contributed by atoms with van der Waals surface area (Å²) in [5, 5.41) is 2.79. The van der Waals surface area contributed by atoms with Gasteiger partial charge in [-0.15, -0.1) is 0 Å². The number of ketones is 1. The van der Waals surface area contributed by atoms with Crippen LogP contribution >= 0.6 is 0 Å². The normalized spacial score (nSPS) is 13.5. The van der Waals surface area contributed by atoms with E-state index in [0.29, 0.717) is 12.8 Å². The van der Waals surface area contributed by atoms with Crippen molar-refractivity contribution in [1.82, 2.24) is 0 Å². The Kier molecular flexibility index (Phi) is 3.64. The summed E-state index contributed by atoms with van der Waals surface area (Å²) in [5.41, 5.74) is 2.55. The zero-order valence-corrected chi connectivity index (χ0v) is 11.0. The van der Waals surface area contributed by atoms with Gasteiger partial charge in [0.15, 0.2) is 0 Å². The van der Waals surface area contributed by atoms with E-state index in [1.54, 1.807) is 19.2 Å². The van der Waals surface area contributed by atoms with Crippen molar-refractivity contribution in [2.45, 2.75) is 26.2 Å². The second-order valence-corrected chi connectivity index (χ2v) is 4.72. The van der Waals surface area contributed by atoms with Crippen LogP contribution in [0.2, 0.25) is 0 Å². The van der Waals surface area contributed by atoms with Gasteiger partial charge >= 0.3 is 0 Å². The van der Waals surface area contributed by atoms with Crippen molar-refractivity contribution in [1.29, 1.82) is 0 Å². The van der Waals surface area contributed by atoms with Crippen molar-refractivity contribution in [2.24, 2.45) is 0 Å². The quantitative estimate of drug-likeness (QED) is 0.838. The molecule has 0 unspecified atom stereocenters. The van der Waals surface area contributed by atoms with Gasteiger partial charge < -0.3 is 10.2 Å². The molecule has 2 amide bonds. The molecule has 0 saturated carbocycles. The van der Waals surface area contributed by atoms with Gasteiger partial charge in [0.1, 0.15) is 5.78 Å². The zero-order valence-electron chi connectivity index (χ0n) is 11.0. The molecular formula is C14H16N2O3. The average molecular weight is 260 g/mol. The molecule has 0 spiro atoms. The number of benzene rings is 1. The van der Waals surface area contributed by atoms with Crippen LogP contribution in [0.5, 0.6) is 0 Å². The van der Waals surface area contributed by atoms with E-state index in [2.05, 4.69) is 5.32 Å². The van der Waals surface area contributed by atoms with Crippen molar-refractivity contribution in [2.75, 3.05) is 17.3 Å². The molecule has 5 heteroatoms. The van der Waals surface area contributed by atoms with E-state index >= 15 is 0 Å². The van der Waals surface area contributed by atoms with Crippen LogP contribution in [0.3, 0.4) is 0 Å². The summed E-state index contributed by atoms with van der Waals surface area (Å²) in [6.45, 7) is 1.40. The number of carbonyl (C=O) groups excluding carboxylic acids is 3. The summed E-state index contributed by atoms with van der Waals surface area (Å²) in [5.74, 6) is -0.365. The number of hydrogen-bond donors (Lipinski definition) is 1. The van der Waals surface area contributed by atoms with E-state index in [1.165, 1.54) is 11.8 Å². The predicted octanol–water partition coefficient (Wildman–Crippen LogP) is 1.51. The molecule has 100 valence electrons. The Morgan fingerprint density at radius 2 is 2.05 bits per heavy atom. The number of nitrogens with one attached hydrogen (secondary N) is 1. The fourth-order valence-electron chi connectivity index (χ4n) is 2.05. The second kappa shape index (κ2) is 5.22. The Hall–Kier alpha value is -2.17. The lowest BCUT2D eigenvalue weighted by atomic mass is 10.0. The number of rotatable bonds is 3. The molecular weight excluding hydrogens is 244 g/mol. The van der Waals surface area contributed by atoms with Gasteiger partial charge in [0.2, 0.25) is 11.8 Å². The fourth-order valence-corrected chi connectivity index (χ4v) is 2.05. The van der Waals surface area contributed by atoms with Gasteiger partial charge in [0.25, 0.3) is 0 Å². The smallest absolute Gasteiger partial charge is 0.234 e. The molecule has 2 rings (SSSR count). The van der Waals surface area contributed by atoms with Crippen LogP contribution < -0.4 is 10.2 Å². The summed E-state index contributed by atoms with van der Waals surface area (Å²) < 4.78 is 0. The maximum Gasteiger partial charge on any atom is 0.234 e. The van der Waals surface area contributed by atoms with E-state index in [4.69, 9.17) is 0 Å². The summed E-state index contributed by atoms with van der Waals surface area (Å²) in [6, 6.07) is 5.44. The molecule has 1 aromatic rings. The minimum absolute atomic E-state index is 0.0151. The first-order valence-corrected chi connectivity index (χ1v) is 6.16. The van der Waals surface area contributed by atoms with Gasteiger partial charge in [-0.3, -0.25) is 14.4 Å². The van der Waals surface area contributed by atoms with Crippen LogP contribution in [-0.2, 0) is 20.8 Å². The highest BCUT2D eigenvalue weighted by Gasteiger charge is 2.18. The van der Waals surface area contributed by atoms with Crippen LogP contribution in [0.15, 0.2) is 18.2 Å². The molecule has 0 aliphatic carbocycles. The van der Waals surface area contributed by atoms with Crippen LogP contribution in [0.25, 0.3) is 0 Å². The lowest BCUT2D eigenvalue weighted by Gasteiger charge is -2.21. The highest BCUT2D eigenvalue weighted by atomic mass is 16.2. The van der Waals surface area contributed by atoms with E-state index < -0.39 is 0 Å². The highest BCUT2D eigenvalue weighted by Crippen LogP contribution is 2.27. The minimum Gasteiger partial charge on any atom is -0.326 e. The number of hydrogen-bond acceptors (Lipinski definition) is 3. The second-order valence-electron chi connectivity index (χ2n) is 4.72.